The first kappa shape index (κ1) is 18.3. The van der Waals surface area contributed by atoms with Gasteiger partial charge in [-0.05, 0) is 31.4 Å². The molecule has 1 aromatic heterocycles. The van der Waals surface area contributed by atoms with Crippen LogP contribution in [0, 0.1) is 18.7 Å². The largest absolute Gasteiger partial charge is 0.427 e. The van der Waals surface area contributed by atoms with Gasteiger partial charge in [0, 0.05) is 36.4 Å². The first-order valence-corrected chi connectivity index (χ1v) is 8.86. The molecule has 3 rings (SSSR count). The minimum atomic E-state index is -0.705. The number of methoxy groups -OCH3 is 1. The third kappa shape index (κ3) is 4.17. The number of imide groups is 1. The van der Waals surface area contributed by atoms with Gasteiger partial charge in [0.15, 0.2) is 11.6 Å². The van der Waals surface area contributed by atoms with E-state index in [1.54, 1.807) is 31.7 Å². The minimum Gasteiger partial charge on any atom is -0.427 e. The second-order valence-electron chi connectivity index (χ2n) is 5.97. The first-order valence-electron chi connectivity index (χ1n) is 7.98. The molecule has 2 aromatic rings. The van der Waals surface area contributed by atoms with E-state index in [9.17, 15) is 14.0 Å². The number of halogens is 1. The van der Waals surface area contributed by atoms with Crippen LogP contribution in [0.4, 0.5) is 14.9 Å². The monoisotopic (exact) mass is 379 g/mol. The Labute approximate surface area is 153 Å². The molecule has 0 bridgehead atoms. The van der Waals surface area contributed by atoms with Gasteiger partial charge in [-0.3, -0.25) is 10.1 Å². The van der Waals surface area contributed by atoms with Gasteiger partial charge in [-0.25, -0.2) is 14.2 Å². The lowest BCUT2D eigenvalue weighted by Crippen LogP contribution is -2.45. The zero-order chi connectivity index (χ0) is 18.7. The molecule has 1 saturated carbocycles. The Kier molecular flexibility index (Phi) is 5.48. The number of benzene rings is 1. The van der Waals surface area contributed by atoms with Crippen molar-refractivity contribution in [1.29, 1.82) is 0 Å². The number of aromatic nitrogens is 1. The number of aryl methyl sites for hydroxylation is 1. The molecule has 0 atom stereocenters. The highest BCUT2D eigenvalue weighted by Crippen LogP contribution is 2.32. The third-order valence-corrected chi connectivity index (χ3v) is 4.77. The Morgan fingerprint density at radius 3 is 2.73 bits per heavy atom. The van der Waals surface area contributed by atoms with Crippen LogP contribution in [0.5, 0.6) is 10.9 Å². The quantitative estimate of drug-likeness (QED) is 0.830. The number of amides is 3. The van der Waals surface area contributed by atoms with Gasteiger partial charge in [-0.15, -0.1) is 0 Å². The number of nitrogens with one attached hydrogen (secondary N) is 2. The summed E-state index contributed by atoms with van der Waals surface area (Å²) >= 11 is 1.24. The Morgan fingerprint density at radius 1 is 1.35 bits per heavy atom. The van der Waals surface area contributed by atoms with E-state index >= 15 is 0 Å². The predicted molar refractivity (Wildman–Crippen MR) is 94.0 cm³/mol. The zero-order valence-electron chi connectivity index (χ0n) is 14.2. The highest BCUT2D eigenvalue weighted by atomic mass is 32.1. The number of rotatable bonds is 5. The lowest BCUT2D eigenvalue weighted by atomic mass is 9.81. The summed E-state index contributed by atoms with van der Waals surface area (Å²) in [6.07, 6.45) is 2.80. The van der Waals surface area contributed by atoms with Crippen molar-refractivity contribution in [1.82, 2.24) is 10.3 Å². The third-order valence-electron chi connectivity index (χ3n) is 4.12. The van der Waals surface area contributed by atoms with Crippen molar-refractivity contribution in [2.75, 3.05) is 12.4 Å². The van der Waals surface area contributed by atoms with E-state index in [4.69, 9.17) is 9.47 Å². The van der Waals surface area contributed by atoms with Crippen LogP contribution in [0.15, 0.2) is 23.7 Å². The topological polar surface area (TPSA) is 89.5 Å². The summed E-state index contributed by atoms with van der Waals surface area (Å²) in [6, 6.07) is 1.98. The molecule has 0 radical (unpaired) electrons. The van der Waals surface area contributed by atoms with Crippen LogP contribution in [0.3, 0.4) is 0 Å². The molecule has 0 saturated heterocycles. The fraction of sp³-hybridized carbons (Fsp3) is 0.353. The molecule has 2 N–H and O–H groups in total. The Balaban J connectivity index is 1.59. The van der Waals surface area contributed by atoms with E-state index in [0.29, 0.717) is 23.6 Å². The number of urea groups is 1. The van der Waals surface area contributed by atoms with E-state index in [0.717, 1.165) is 6.07 Å². The van der Waals surface area contributed by atoms with E-state index < -0.39 is 11.8 Å². The van der Waals surface area contributed by atoms with E-state index in [1.807, 2.05) is 0 Å². The SMILES string of the molecule is COC1CC(C(=O)NC(=O)Nc2cc(C)c(Oc3nccs3)c(F)c2)C1. The van der Waals surface area contributed by atoms with Crippen molar-refractivity contribution in [3.63, 3.8) is 0 Å². The predicted octanol–water partition coefficient (Wildman–Crippen LogP) is 3.46. The summed E-state index contributed by atoms with van der Waals surface area (Å²) in [7, 11) is 1.59. The van der Waals surface area contributed by atoms with Crippen molar-refractivity contribution < 1.29 is 23.5 Å². The molecule has 9 heteroatoms. The Bertz CT molecular complexity index is 783. The highest BCUT2D eigenvalue weighted by molar-refractivity contribution is 7.11. The number of carbonyl (C=O) groups excluding carboxylic acids is 2. The second-order valence-corrected chi connectivity index (χ2v) is 6.83. The van der Waals surface area contributed by atoms with Crippen LogP contribution < -0.4 is 15.4 Å². The number of anilines is 1. The standard InChI is InChI=1S/C17H18FN3O4S/c1-9-5-11(8-13(18)14(9)25-17-19-3-4-26-17)20-16(23)21-15(22)10-6-12(7-10)24-2/h3-5,8,10,12H,6-7H2,1-2H3,(H2,20,21,22,23). The molecule has 1 aliphatic rings. The maximum Gasteiger partial charge on any atom is 0.325 e. The fourth-order valence-corrected chi connectivity index (χ4v) is 3.12. The minimum absolute atomic E-state index is 0.0436. The van der Waals surface area contributed by atoms with E-state index in [1.165, 1.54) is 11.3 Å². The van der Waals surface area contributed by atoms with Crippen LogP contribution in [0.2, 0.25) is 0 Å². The van der Waals surface area contributed by atoms with Gasteiger partial charge in [-0.1, -0.05) is 11.3 Å². The van der Waals surface area contributed by atoms with Crippen molar-refractivity contribution >= 4 is 29.0 Å². The molecule has 1 heterocycles. The molecule has 1 fully saturated rings. The van der Waals surface area contributed by atoms with Crippen molar-refractivity contribution in [2.24, 2.45) is 5.92 Å². The highest BCUT2D eigenvalue weighted by Gasteiger charge is 2.35. The molecular weight excluding hydrogens is 361 g/mol. The molecule has 0 spiro atoms. The van der Waals surface area contributed by atoms with Crippen molar-refractivity contribution in [2.45, 2.75) is 25.9 Å². The number of hydrogen-bond donors (Lipinski definition) is 2. The lowest BCUT2D eigenvalue weighted by Gasteiger charge is -2.32. The smallest absolute Gasteiger partial charge is 0.325 e. The first-order chi connectivity index (χ1) is 12.5. The summed E-state index contributed by atoms with van der Waals surface area (Å²) in [5.74, 6) is -1.19. The molecule has 0 aliphatic heterocycles. The molecule has 138 valence electrons. The Morgan fingerprint density at radius 2 is 2.12 bits per heavy atom. The molecule has 26 heavy (non-hydrogen) atoms. The molecule has 3 amide bonds. The van der Waals surface area contributed by atoms with Gasteiger partial charge in [-0.2, -0.15) is 0 Å². The molecule has 1 aliphatic carbocycles. The molecule has 7 nitrogen and oxygen atoms in total. The summed E-state index contributed by atoms with van der Waals surface area (Å²) in [5.41, 5.74) is 0.712. The van der Waals surface area contributed by atoms with Crippen LogP contribution in [-0.2, 0) is 9.53 Å². The summed E-state index contributed by atoms with van der Waals surface area (Å²) in [4.78, 5) is 27.8. The maximum atomic E-state index is 14.3. The van der Waals surface area contributed by atoms with Crippen LogP contribution in [0.25, 0.3) is 0 Å². The normalized spacial score (nSPS) is 18.7. The van der Waals surface area contributed by atoms with E-state index in [-0.39, 0.29) is 29.4 Å². The van der Waals surface area contributed by atoms with Crippen LogP contribution in [-0.4, -0.2) is 30.1 Å². The molecule has 1 aromatic carbocycles. The Hall–Kier alpha value is -2.52. The molecule has 0 unspecified atom stereocenters. The fourth-order valence-electron chi connectivity index (χ4n) is 2.63. The number of ether oxygens (including phenoxy) is 2. The van der Waals surface area contributed by atoms with Gasteiger partial charge < -0.3 is 14.8 Å². The summed E-state index contributed by atoms with van der Waals surface area (Å²) < 4.78 is 24.8. The van der Waals surface area contributed by atoms with Crippen molar-refractivity contribution in [3.8, 4) is 10.9 Å². The number of thiazole rings is 1. The van der Waals surface area contributed by atoms with Gasteiger partial charge in [0.1, 0.15) is 0 Å². The van der Waals surface area contributed by atoms with Crippen LogP contribution in [0.1, 0.15) is 18.4 Å². The van der Waals surface area contributed by atoms with Gasteiger partial charge in [0.25, 0.3) is 5.19 Å². The zero-order valence-corrected chi connectivity index (χ0v) is 15.1. The van der Waals surface area contributed by atoms with Crippen molar-refractivity contribution in [3.05, 3.63) is 35.1 Å². The second kappa shape index (κ2) is 7.79. The number of hydrogen-bond acceptors (Lipinski definition) is 6. The average Bonchev–Trinajstić information content (AvgIpc) is 3.02. The van der Waals surface area contributed by atoms with Gasteiger partial charge in [0.05, 0.1) is 6.10 Å². The number of carbonyl (C=O) groups is 2. The summed E-state index contributed by atoms with van der Waals surface area (Å²) in [6.45, 7) is 1.65. The van der Waals surface area contributed by atoms with Crippen LogP contribution >= 0.6 is 11.3 Å². The van der Waals surface area contributed by atoms with E-state index in [2.05, 4.69) is 15.6 Å². The van der Waals surface area contributed by atoms with Gasteiger partial charge in [0.2, 0.25) is 5.91 Å². The van der Waals surface area contributed by atoms with Gasteiger partial charge >= 0.3 is 6.03 Å². The maximum absolute atomic E-state index is 14.3. The average molecular weight is 379 g/mol. The summed E-state index contributed by atoms with van der Waals surface area (Å²) in [5, 5.41) is 6.76. The molecular formula is C17H18FN3O4S. The lowest BCUT2D eigenvalue weighted by molar-refractivity contribution is -0.131. The number of nitrogens with zero attached hydrogens (tertiary/aromatic N) is 1.